The monoisotopic (exact) mass is 365 g/mol. The Morgan fingerprint density at radius 1 is 1.00 bits per heavy atom. The minimum absolute atomic E-state index is 0.951. The molecule has 0 amide bonds. The third-order valence-electron chi connectivity index (χ3n) is 6.13. The second kappa shape index (κ2) is 8.26. The highest BCUT2D eigenvalue weighted by atomic mass is 15.3. The van der Waals surface area contributed by atoms with E-state index in [1.807, 2.05) is 0 Å². The fraction of sp³-hybridized carbons (Fsp3) is 0.545. The molecule has 1 aliphatic heterocycles. The maximum absolute atomic E-state index is 4.50. The van der Waals surface area contributed by atoms with Crippen LogP contribution in [0.25, 0.3) is 0 Å². The average molecular weight is 366 g/mol. The van der Waals surface area contributed by atoms with Crippen molar-refractivity contribution in [3.8, 4) is 0 Å². The molecule has 0 saturated carbocycles. The van der Waals surface area contributed by atoms with Crippen molar-refractivity contribution < 1.29 is 0 Å². The highest BCUT2D eigenvalue weighted by Crippen LogP contribution is 2.25. The Kier molecular flexibility index (Phi) is 5.58. The third kappa shape index (κ3) is 4.08. The van der Waals surface area contributed by atoms with Gasteiger partial charge in [0.2, 0.25) is 0 Å². The SMILES string of the molecule is Cc1cccc(N2CCN(CCNc3ncnc4c3CCCC4)CC2)c1C. The van der Waals surface area contributed by atoms with E-state index < -0.39 is 0 Å². The number of nitrogens with one attached hydrogen (secondary N) is 1. The molecule has 144 valence electrons. The molecule has 1 saturated heterocycles. The van der Waals surface area contributed by atoms with Crippen molar-refractivity contribution in [2.45, 2.75) is 39.5 Å². The number of anilines is 2. The first-order chi connectivity index (χ1) is 13.2. The van der Waals surface area contributed by atoms with Gasteiger partial charge in [-0.25, -0.2) is 9.97 Å². The van der Waals surface area contributed by atoms with Gasteiger partial charge in [-0.2, -0.15) is 0 Å². The van der Waals surface area contributed by atoms with Crippen molar-refractivity contribution in [1.29, 1.82) is 0 Å². The number of fused-ring (bicyclic) bond motifs is 1. The van der Waals surface area contributed by atoms with E-state index in [4.69, 9.17) is 0 Å². The van der Waals surface area contributed by atoms with E-state index in [1.54, 1.807) is 6.33 Å². The van der Waals surface area contributed by atoms with Gasteiger partial charge in [-0.15, -0.1) is 0 Å². The van der Waals surface area contributed by atoms with Crippen LogP contribution in [-0.4, -0.2) is 54.1 Å². The maximum atomic E-state index is 4.50. The molecule has 4 rings (SSSR count). The lowest BCUT2D eigenvalue weighted by molar-refractivity contribution is 0.267. The standard InChI is InChI=1S/C22H31N5/c1-17-6-5-9-21(18(17)2)27-14-12-26(13-15-27)11-10-23-22-19-7-3-4-8-20(19)24-16-25-22/h5-6,9,16H,3-4,7-8,10-15H2,1-2H3,(H,23,24,25). The number of nitrogens with zero attached hydrogens (tertiary/aromatic N) is 4. The third-order valence-corrected chi connectivity index (χ3v) is 6.13. The van der Waals surface area contributed by atoms with Gasteiger partial charge in [-0.3, -0.25) is 4.90 Å². The number of aryl methyl sites for hydroxylation is 2. The van der Waals surface area contributed by atoms with Crippen molar-refractivity contribution in [2.24, 2.45) is 0 Å². The molecule has 1 aromatic carbocycles. The first-order valence-corrected chi connectivity index (χ1v) is 10.3. The van der Waals surface area contributed by atoms with Crippen LogP contribution in [0.1, 0.15) is 35.2 Å². The smallest absolute Gasteiger partial charge is 0.132 e. The Labute approximate surface area is 162 Å². The molecular weight excluding hydrogens is 334 g/mol. The molecule has 5 heteroatoms. The van der Waals surface area contributed by atoms with Gasteiger partial charge in [-0.1, -0.05) is 12.1 Å². The highest BCUT2D eigenvalue weighted by molar-refractivity contribution is 5.56. The van der Waals surface area contributed by atoms with E-state index in [0.717, 1.165) is 57.9 Å². The van der Waals surface area contributed by atoms with Gasteiger partial charge in [0.25, 0.3) is 0 Å². The average Bonchev–Trinajstić information content (AvgIpc) is 2.71. The summed E-state index contributed by atoms with van der Waals surface area (Å²) in [4.78, 5) is 14.0. The van der Waals surface area contributed by atoms with E-state index in [0.29, 0.717) is 0 Å². The predicted molar refractivity (Wildman–Crippen MR) is 112 cm³/mol. The van der Waals surface area contributed by atoms with Crippen LogP contribution in [0.2, 0.25) is 0 Å². The number of benzene rings is 1. The molecule has 27 heavy (non-hydrogen) atoms. The van der Waals surface area contributed by atoms with Crippen LogP contribution in [0, 0.1) is 13.8 Å². The van der Waals surface area contributed by atoms with Crippen LogP contribution < -0.4 is 10.2 Å². The molecule has 1 aliphatic carbocycles. The molecule has 0 unspecified atom stereocenters. The quantitative estimate of drug-likeness (QED) is 0.881. The molecule has 2 aliphatic rings. The normalized spacial score (nSPS) is 17.6. The summed E-state index contributed by atoms with van der Waals surface area (Å²) in [6.45, 7) is 10.9. The number of rotatable bonds is 5. The lowest BCUT2D eigenvalue weighted by Crippen LogP contribution is -2.47. The van der Waals surface area contributed by atoms with Crippen molar-refractivity contribution in [1.82, 2.24) is 14.9 Å². The zero-order valence-corrected chi connectivity index (χ0v) is 16.7. The fourth-order valence-electron chi connectivity index (χ4n) is 4.30. The summed E-state index contributed by atoms with van der Waals surface area (Å²) in [5, 5.41) is 3.57. The lowest BCUT2D eigenvalue weighted by atomic mass is 9.96. The Hall–Kier alpha value is -2.14. The zero-order valence-electron chi connectivity index (χ0n) is 16.7. The summed E-state index contributed by atoms with van der Waals surface area (Å²) < 4.78 is 0. The van der Waals surface area contributed by atoms with E-state index in [9.17, 15) is 0 Å². The van der Waals surface area contributed by atoms with Crippen LogP contribution in [0.5, 0.6) is 0 Å². The summed E-state index contributed by atoms with van der Waals surface area (Å²) in [5.41, 5.74) is 6.80. The van der Waals surface area contributed by atoms with Gasteiger partial charge in [0, 0.05) is 56.2 Å². The van der Waals surface area contributed by atoms with E-state index in [2.05, 4.69) is 57.1 Å². The van der Waals surface area contributed by atoms with Gasteiger partial charge in [0.1, 0.15) is 12.1 Å². The van der Waals surface area contributed by atoms with Gasteiger partial charge in [0.05, 0.1) is 0 Å². The number of aromatic nitrogens is 2. The Balaban J connectivity index is 1.27. The fourth-order valence-corrected chi connectivity index (χ4v) is 4.30. The van der Waals surface area contributed by atoms with Crippen molar-refractivity contribution >= 4 is 11.5 Å². The summed E-state index contributed by atoms with van der Waals surface area (Å²) in [6.07, 6.45) is 6.46. The largest absolute Gasteiger partial charge is 0.369 e. The van der Waals surface area contributed by atoms with Gasteiger partial charge in [0.15, 0.2) is 0 Å². The van der Waals surface area contributed by atoms with Crippen molar-refractivity contribution in [2.75, 3.05) is 49.5 Å². The van der Waals surface area contributed by atoms with Crippen LogP contribution in [0.3, 0.4) is 0 Å². The molecule has 0 atom stereocenters. The molecule has 2 aromatic rings. The molecule has 5 nitrogen and oxygen atoms in total. The molecule has 0 spiro atoms. The predicted octanol–water partition coefficient (Wildman–Crippen LogP) is 3.21. The topological polar surface area (TPSA) is 44.3 Å². The number of hydrogen-bond donors (Lipinski definition) is 1. The van der Waals surface area contributed by atoms with Gasteiger partial charge in [-0.05, 0) is 56.7 Å². The van der Waals surface area contributed by atoms with Crippen LogP contribution in [0.4, 0.5) is 11.5 Å². The minimum atomic E-state index is 0.951. The number of hydrogen-bond acceptors (Lipinski definition) is 5. The Morgan fingerprint density at radius 3 is 2.67 bits per heavy atom. The van der Waals surface area contributed by atoms with Gasteiger partial charge >= 0.3 is 0 Å². The molecule has 1 fully saturated rings. The Morgan fingerprint density at radius 2 is 1.81 bits per heavy atom. The lowest BCUT2D eigenvalue weighted by Gasteiger charge is -2.37. The molecule has 0 bridgehead atoms. The molecule has 1 N–H and O–H groups in total. The summed E-state index contributed by atoms with van der Waals surface area (Å²) >= 11 is 0. The van der Waals surface area contributed by atoms with E-state index in [1.165, 1.54) is 40.9 Å². The molecule has 1 aromatic heterocycles. The Bertz CT molecular complexity index is 780. The van der Waals surface area contributed by atoms with Crippen LogP contribution in [0.15, 0.2) is 24.5 Å². The first-order valence-electron chi connectivity index (χ1n) is 10.3. The second-order valence-electron chi connectivity index (χ2n) is 7.83. The first kappa shape index (κ1) is 18.2. The molecule has 2 heterocycles. The summed E-state index contributed by atoms with van der Waals surface area (Å²) in [7, 11) is 0. The van der Waals surface area contributed by atoms with Crippen LogP contribution in [-0.2, 0) is 12.8 Å². The molecular formula is C22H31N5. The van der Waals surface area contributed by atoms with E-state index >= 15 is 0 Å². The minimum Gasteiger partial charge on any atom is -0.369 e. The van der Waals surface area contributed by atoms with E-state index in [-0.39, 0.29) is 0 Å². The van der Waals surface area contributed by atoms with Crippen molar-refractivity contribution in [3.63, 3.8) is 0 Å². The highest BCUT2D eigenvalue weighted by Gasteiger charge is 2.19. The zero-order chi connectivity index (χ0) is 18.6. The number of piperazine rings is 1. The maximum Gasteiger partial charge on any atom is 0.132 e. The van der Waals surface area contributed by atoms with Crippen molar-refractivity contribution in [3.05, 3.63) is 46.9 Å². The van der Waals surface area contributed by atoms with Crippen LogP contribution >= 0.6 is 0 Å². The molecule has 0 radical (unpaired) electrons. The summed E-state index contributed by atoms with van der Waals surface area (Å²) in [6, 6.07) is 6.64. The van der Waals surface area contributed by atoms with Gasteiger partial charge < -0.3 is 10.2 Å². The second-order valence-corrected chi connectivity index (χ2v) is 7.83. The summed E-state index contributed by atoms with van der Waals surface area (Å²) in [5.74, 6) is 1.06.